The molecule has 0 bridgehead atoms. The molecule has 0 spiro atoms. The zero-order valence-electron chi connectivity index (χ0n) is 13.6. The molecule has 0 aliphatic heterocycles. The van der Waals surface area contributed by atoms with Crippen LogP contribution in [0.25, 0.3) is 0 Å². The fraction of sp³-hybridized carbons (Fsp3) is 0.222. The number of carbonyl (C=O) groups excluding carboxylic acids is 2. The van der Waals surface area contributed by atoms with Gasteiger partial charge in [0.25, 0.3) is 0 Å². The summed E-state index contributed by atoms with van der Waals surface area (Å²) in [4.78, 5) is 23.2. The fourth-order valence-electron chi connectivity index (χ4n) is 2.28. The summed E-state index contributed by atoms with van der Waals surface area (Å²) >= 11 is 5.72. The minimum atomic E-state index is -3.93. The van der Waals surface area contributed by atoms with Crippen LogP contribution in [0.5, 0.6) is 0 Å². The van der Waals surface area contributed by atoms with Crippen LogP contribution in [0.4, 0.5) is 0 Å². The highest BCUT2D eigenvalue weighted by Crippen LogP contribution is 2.14. The van der Waals surface area contributed by atoms with Gasteiger partial charge in [-0.2, -0.15) is 0 Å². The highest BCUT2D eigenvalue weighted by atomic mass is 35.5. The highest BCUT2D eigenvalue weighted by molar-refractivity contribution is 7.89. The van der Waals surface area contributed by atoms with Gasteiger partial charge in [0.2, 0.25) is 10.0 Å². The Bertz CT molecular complexity index is 835. The number of hydrogen-bond donors (Lipinski definition) is 1. The third-order valence-corrected chi connectivity index (χ3v) is 5.45. The standard InChI is InChI=1S/C18H18ClNO4S/c1-13-7-9-15(10-8-13)25(23,24)20-17(18(22)16(19)12-21)11-14-5-3-2-4-6-14/h2-10,12,16-17,20H,11H2,1H3/t16?,17-/m0/s1. The number of halogens is 1. The molecular formula is C18H18ClNO4S. The average molecular weight is 380 g/mol. The molecule has 0 saturated carbocycles. The maximum atomic E-state index is 12.6. The molecule has 0 saturated heterocycles. The second-order valence-electron chi connectivity index (χ2n) is 5.62. The van der Waals surface area contributed by atoms with E-state index in [4.69, 9.17) is 11.6 Å². The summed E-state index contributed by atoms with van der Waals surface area (Å²) in [7, 11) is -3.93. The number of carbonyl (C=O) groups is 2. The lowest BCUT2D eigenvalue weighted by molar-refractivity contribution is -0.123. The smallest absolute Gasteiger partial charge is 0.241 e. The number of sulfonamides is 1. The summed E-state index contributed by atoms with van der Waals surface area (Å²) in [6.07, 6.45) is 0.393. The number of Topliss-reactive ketones (excluding diaryl/α,β-unsaturated/α-hetero) is 1. The Morgan fingerprint density at radius 3 is 2.28 bits per heavy atom. The number of aldehydes is 1. The van der Waals surface area contributed by atoms with E-state index in [0.29, 0.717) is 6.29 Å². The molecule has 2 aromatic rings. The maximum Gasteiger partial charge on any atom is 0.241 e. The number of benzene rings is 2. The van der Waals surface area contributed by atoms with E-state index in [1.165, 1.54) is 12.1 Å². The first-order chi connectivity index (χ1) is 11.8. The third-order valence-electron chi connectivity index (χ3n) is 3.65. The van der Waals surface area contributed by atoms with Crippen molar-refractivity contribution in [1.82, 2.24) is 4.72 Å². The van der Waals surface area contributed by atoms with Crippen LogP contribution in [-0.4, -0.2) is 31.9 Å². The van der Waals surface area contributed by atoms with Crippen LogP contribution in [-0.2, 0) is 26.0 Å². The van der Waals surface area contributed by atoms with Gasteiger partial charge in [0.05, 0.1) is 10.9 Å². The summed E-state index contributed by atoms with van der Waals surface area (Å²) in [5.74, 6) is -0.684. The van der Waals surface area contributed by atoms with Gasteiger partial charge in [-0.1, -0.05) is 48.0 Å². The topological polar surface area (TPSA) is 80.3 Å². The molecule has 2 aromatic carbocycles. The Hall–Kier alpha value is -2.02. The van der Waals surface area contributed by atoms with Gasteiger partial charge in [-0.3, -0.25) is 4.79 Å². The molecule has 0 amide bonds. The molecule has 0 aromatic heterocycles. The Balaban J connectivity index is 2.29. The van der Waals surface area contributed by atoms with Crippen LogP contribution in [0, 0.1) is 6.92 Å². The molecule has 0 heterocycles. The van der Waals surface area contributed by atoms with Crippen LogP contribution in [0.3, 0.4) is 0 Å². The van der Waals surface area contributed by atoms with Crippen molar-refractivity contribution in [3.63, 3.8) is 0 Å². The van der Waals surface area contributed by atoms with E-state index < -0.39 is 27.2 Å². The number of alkyl halides is 1. The summed E-state index contributed by atoms with van der Waals surface area (Å²) in [6, 6.07) is 14.0. The molecule has 1 N–H and O–H groups in total. The second-order valence-corrected chi connectivity index (χ2v) is 7.80. The van der Waals surface area contributed by atoms with Gasteiger partial charge in [-0.25, -0.2) is 13.1 Å². The van der Waals surface area contributed by atoms with E-state index in [1.54, 1.807) is 36.4 Å². The van der Waals surface area contributed by atoms with Gasteiger partial charge in [-0.05, 0) is 31.0 Å². The van der Waals surface area contributed by atoms with Crippen molar-refractivity contribution in [3.8, 4) is 0 Å². The van der Waals surface area contributed by atoms with Crippen molar-refractivity contribution in [2.45, 2.75) is 29.7 Å². The predicted octanol–water partition coefficient (Wildman–Crippen LogP) is 2.26. The molecule has 1 unspecified atom stereocenters. The number of aryl methyl sites for hydroxylation is 1. The molecule has 132 valence electrons. The van der Waals surface area contributed by atoms with Gasteiger partial charge in [0.1, 0.15) is 11.7 Å². The van der Waals surface area contributed by atoms with Crippen molar-refractivity contribution >= 4 is 33.7 Å². The third kappa shape index (κ3) is 5.22. The Morgan fingerprint density at radius 1 is 1.12 bits per heavy atom. The van der Waals surface area contributed by atoms with E-state index in [9.17, 15) is 18.0 Å². The minimum Gasteiger partial charge on any atom is -0.301 e. The maximum absolute atomic E-state index is 12.6. The van der Waals surface area contributed by atoms with Crippen LogP contribution in [0.1, 0.15) is 11.1 Å². The summed E-state index contributed by atoms with van der Waals surface area (Å²) < 4.78 is 27.5. The quantitative estimate of drug-likeness (QED) is 0.433. The Morgan fingerprint density at radius 2 is 1.72 bits per heavy atom. The monoisotopic (exact) mass is 379 g/mol. The van der Waals surface area contributed by atoms with E-state index in [-0.39, 0.29) is 11.3 Å². The lowest BCUT2D eigenvalue weighted by Crippen LogP contribution is -2.45. The highest BCUT2D eigenvalue weighted by Gasteiger charge is 2.30. The molecule has 7 heteroatoms. The summed E-state index contributed by atoms with van der Waals surface area (Å²) in [6.45, 7) is 1.84. The van der Waals surface area contributed by atoms with Crippen molar-refractivity contribution in [2.24, 2.45) is 0 Å². The van der Waals surface area contributed by atoms with E-state index in [1.807, 2.05) is 13.0 Å². The van der Waals surface area contributed by atoms with Crippen molar-refractivity contribution in [2.75, 3.05) is 0 Å². The molecule has 25 heavy (non-hydrogen) atoms. The van der Waals surface area contributed by atoms with Gasteiger partial charge in [-0.15, -0.1) is 11.6 Å². The lowest BCUT2D eigenvalue weighted by atomic mass is 10.0. The van der Waals surface area contributed by atoms with Gasteiger partial charge < -0.3 is 4.79 Å². The molecule has 0 aliphatic rings. The number of nitrogens with one attached hydrogen (secondary N) is 1. The molecular weight excluding hydrogens is 362 g/mol. The van der Waals surface area contributed by atoms with Gasteiger partial charge >= 0.3 is 0 Å². The van der Waals surface area contributed by atoms with Crippen LogP contribution >= 0.6 is 11.6 Å². The lowest BCUT2D eigenvalue weighted by Gasteiger charge is -2.19. The zero-order valence-corrected chi connectivity index (χ0v) is 15.1. The second kappa shape index (κ2) is 8.38. The van der Waals surface area contributed by atoms with Crippen LogP contribution in [0.2, 0.25) is 0 Å². The summed E-state index contributed by atoms with van der Waals surface area (Å²) in [5.41, 5.74) is 1.67. The van der Waals surface area contributed by atoms with Gasteiger partial charge in [0.15, 0.2) is 5.78 Å². The Labute approximate surface area is 152 Å². The number of ketones is 1. The first-order valence-corrected chi connectivity index (χ1v) is 9.51. The average Bonchev–Trinajstić information content (AvgIpc) is 2.61. The van der Waals surface area contributed by atoms with E-state index >= 15 is 0 Å². The van der Waals surface area contributed by atoms with Crippen LogP contribution < -0.4 is 4.72 Å². The van der Waals surface area contributed by atoms with E-state index in [2.05, 4.69) is 4.72 Å². The number of rotatable bonds is 8. The molecule has 0 radical (unpaired) electrons. The summed E-state index contributed by atoms with van der Waals surface area (Å²) in [5, 5.41) is -1.41. The first kappa shape index (κ1) is 19.3. The number of hydrogen-bond acceptors (Lipinski definition) is 4. The first-order valence-electron chi connectivity index (χ1n) is 7.59. The van der Waals surface area contributed by atoms with E-state index in [0.717, 1.165) is 11.1 Å². The molecule has 2 atom stereocenters. The van der Waals surface area contributed by atoms with Gasteiger partial charge in [0, 0.05) is 0 Å². The fourth-order valence-corrected chi connectivity index (χ4v) is 3.64. The van der Waals surface area contributed by atoms with Crippen molar-refractivity contribution in [1.29, 1.82) is 0 Å². The molecule has 5 nitrogen and oxygen atoms in total. The SMILES string of the molecule is Cc1ccc(S(=O)(=O)N[C@@H](Cc2ccccc2)C(=O)C(Cl)C=O)cc1. The predicted molar refractivity (Wildman–Crippen MR) is 96.1 cm³/mol. The largest absolute Gasteiger partial charge is 0.301 e. The Kier molecular flexibility index (Phi) is 6.47. The van der Waals surface area contributed by atoms with Crippen LogP contribution in [0.15, 0.2) is 59.5 Å². The van der Waals surface area contributed by atoms with Crippen molar-refractivity contribution in [3.05, 3.63) is 65.7 Å². The molecule has 0 fully saturated rings. The zero-order chi connectivity index (χ0) is 18.4. The minimum absolute atomic E-state index is 0.0428. The van der Waals surface area contributed by atoms with Crippen molar-refractivity contribution < 1.29 is 18.0 Å². The molecule has 0 aliphatic carbocycles. The molecule has 2 rings (SSSR count). The normalized spacial score (nSPS) is 13.8.